The van der Waals surface area contributed by atoms with Gasteiger partial charge in [0.1, 0.15) is 0 Å². The van der Waals surface area contributed by atoms with E-state index < -0.39 is 0 Å². The summed E-state index contributed by atoms with van der Waals surface area (Å²) in [4.78, 5) is 13.1. The Labute approximate surface area is 143 Å². The fraction of sp³-hybridized carbons (Fsp3) is 0.167. The molecule has 2 aromatic heterocycles. The molecule has 6 heteroatoms. The van der Waals surface area contributed by atoms with Gasteiger partial charge in [0, 0.05) is 0 Å². The minimum Gasteiger partial charge on any atom is -0.268 e. The number of aryl methyl sites for hydroxylation is 2. The Morgan fingerprint density at radius 3 is 2.46 bits per heavy atom. The van der Waals surface area contributed by atoms with E-state index in [1.165, 1.54) is 0 Å². The van der Waals surface area contributed by atoms with Gasteiger partial charge in [0.15, 0.2) is 5.82 Å². The molecule has 0 saturated carbocycles. The molecule has 24 heavy (non-hydrogen) atoms. The zero-order valence-corrected chi connectivity index (χ0v) is 14.1. The van der Waals surface area contributed by atoms with E-state index in [-0.39, 0.29) is 11.4 Å². The van der Waals surface area contributed by atoms with Crippen LogP contribution in [0.3, 0.4) is 0 Å². The second-order valence-corrected chi connectivity index (χ2v) is 6.16. The van der Waals surface area contributed by atoms with E-state index in [9.17, 15) is 4.79 Å². The number of para-hydroxylation sites is 1. The molecule has 0 aliphatic carbocycles. The maximum Gasteiger partial charge on any atom is 0.267 e. The SMILES string of the molecule is Cc1cc(C)cc(-n2c(=O)c3ccccc3n3c(CCl)nnc23)c1. The van der Waals surface area contributed by atoms with Crippen molar-refractivity contribution in [1.82, 2.24) is 19.2 Å². The van der Waals surface area contributed by atoms with E-state index >= 15 is 0 Å². The molecule has 0 amide bonds. The molecule has 0 unspecified atom stereocenters. The second-order valence-electron chi connectivity index (χ2n) is 5.89. The number of rotatable bonds is 2. The lowest BCUT2D eigenvalue weighted by molar-refractivity contribution is 0.960. The van der Waals surface area contributed by atoms with Crippen molar-refractivity contribution in [2.24, 2.45) is 0 Å². The molecule has 2 heterocycles. The van der Waals surface area contributed by atoms with E-state index in [2.05, 4.69) is 16.3 Å². The van der Waals surface area contributed by atoms with Gasteiger partial charge >= 0.3 is 0 Å². The fourth-order valence-electron chi connectivity index (χ4n) is 3.16. The average Bonchev–Trinajstić information content (AvgIpc) is 2.98. The maximum atomic E-state index is 13.1. The predicted molar refractivity (Wildman–Crippen MR) is 95.1 cm³/mol. The zero-order chi connectivity index (χ0) is 16.8. The van der Waals surface area contributed by atoms with E-state index in [0.29, 0.717) is 17.0 Å². The number of fused-ring (bicyclic) bond motifs is 3. The summed E-state index contributed by atoms with van der Waals surface area (Å²) in [7, 11) is 0. The lowest BCUT2D eigenvalue weighted by Crippen LogP contribution is -2.22. The van der Waals surface area contributed by atoms with Crippen LogP contribution in [0.1, 0.15) is 17.0 Å². The molecule has 0 spiro atoms. The Morgan fingerprint density at radius 2 is 1.75 bits per heavy atom. The molecule has 0 N–H and O–H groups in total. The molecule has 0 saturated heterocycles. The van der Waals surface area contributed by atoms with Crippen LogP contribution in [0.2, 0.25) is 0 Å². The molecule has 2 aromatic carbocycles. The Bertz CT molecular complexity index is 1120. The van der Waals surface area contributed by atoms with Crippen LogP contribution in [-0.2, 0) is 5.88 Å². The number of alkyl halides is 1. The van der Waals surface area contributed by atoms with Gasteiger partial charge in [0.25, 0.3) is 5.56 Å². The average molecular weight is 339 g/mol. The van der Waals surface area contributed by atoms with Crippen LogP contribution < -0.4 is 5.56 Å². The molecule has 0 bridgehead atoms. The summed E-state index contributed by atoms with van der Waals surface area (Å²) in [6.45, 7) is 4.02. The highest BCUT2D eigenvalue weighted by Gasteiger charge is 2.17. The van der Waals surface area contributed by atoms with Crippen molar-refractivity contribution in [3.8, 4) is 5.69 Å². The van der Waals surface area contributed by atoms with Crippen molar-refractivity contribution in [2.45, 2.75) is 19.7 Å². The Kier molecular flexibility index (Phi) is 3.39. The van der Waals surface area contributed by atoms with Crippen molar-refractivity contribution >= 4 is 28.3 Å². The van der Waals surface area contributed by atoms with E-state index in [4.69, 9.17) is 11.6 Å². The first kappa shape index (κ1) is 14.9. The van der Waals surface area contributed by atoms with Crippen molar-refractivity contribution in [1.29, 1.82) is 0 Å². The predicted octanol–water partition coefficient (Wildman–Crippen LogP) is 3.39. The highest BCUT2D eigenvalue weighted by molar-refractivity contribution is 6.16. The van der Waals surface area contributed by atoms with Crippen LogP contribution in [0.25, 0.3) is 22.4 Å². The zero-order valence-electron chi connectivity index (χ0n) is 13.3. The van der Waals surface area contributed by atoms with Gasteiger partial charge in [-0.25, -0.2) is 4.57 Å². The van der Waals surface area contributed by atoms with Crippen LogP contribution in [0.4, 0.5) is 0 Å². The topological polar surface area (TPSA) is 52.2 Å². The number of aromatic nitrogens is 4. The summed E-state index contributed by atoms with van der Waals surface area (Å²) in [5.74, 6) is 1.30. The number of hydrogen-bond acceptors (Lipinski definition) is 3. The normalized spacial score (nSPS) is 11.5. The molecule has 0 aliphatic rings. The minimum absolute atomic E-state index is 0.114. The van der Waals surface area contributed by atoms with E-state index in [1.54, 1.807) is 4.57 Å². The number of benzene rings is 2. The van der Waals surface area contributed by atoms with Gasteiger partial charge in [0.05, 0.1) is 22.5 Å². The summed E-state index contributed by atoms with van der Waals surface area (Å²) >= 11 is 6.03. The summed E-state index contributed by atoms with van der Waals surface area (Å²) < 4.78 is 3.45. The summed E-state index contributed by atoms with van der Waals surface area (Å²) in [5, 5.41) is 8.99. The molecule has 4 rings (SSSR count). The minimum atomic E-state index is -0.114. The van der Waals surface area contributed by atoms with Crippen molar-refractivity contribution < 1.29 is 0 Å². The van der Waals surface area contributed by atoms with Crippen LogP contribution in [0.15, 0.2) is 47.3 Å². The standard InChI is InChI=1S/C18H15ClN4O/c1-11-7-12(2)9-13(8-11)22-17(24)14-5-3-4-6-15(14)23-16(10-19)20-21-18(22)23/h3-9H,10H2,1-2H3. The molecular weight excluding hydrogens is 324 g/mol. The number of hydrogen-bond donors (Lipinski definition) is 0. The molecule has 0 aliphatic heterocycles. The third kappa shape index (κ3) is 2.12. The molecule has 0 atom stereocenters. The van der Waals surface area contributed by atoms with Gasteiger partial charge in [-0.15, -0.1) is 21.8 Å². The van der Waals surface area contributed by atoms with Crippen LogP contribution in [0.5, 0.6) is 0 Å². The van der Waals surface area contributed by atoms with Gasteiger partial charge in [-0.3, -0.25) is 9.20 Å². The molecular formula is C18H15ClN4O. The van der Waals surface area contributed by atoms with Crippen molar-refractivity contribution in [2.75, 3.05) is 0 Å². The third-order valence-electron chi connectivity index (χ3n) is 4.08. The van der Waals surface area contributed by atoms with Gasteiger partial charge in [-0.05, 0) is 49.2 Å². The molecule has 0 radical (unpaired) electrons. The highest BCUT2D eigenvalue weighted by Crippen LogP contribution is 2.20. The highest BCUT2D eigenvalue weighted by atomic mass is 35.5. The lowest BCUT2D eigenvalue weighted by atomic mass is 10.1. The first-order valence-electron chi connectivity index (χ1n) is 7.62. The Morgan fingerprint density at radius 1 is 1.04 bits per heavy atom. The Balaban J connectivity index is 2.24. The molecule has 4 aromatic rings. The van der Waals surface area contributed by atoms with Crippen LogP contribution in [-0.4, -0.2) is 19.2 Å². The summed E-state index contributed by atoms with van der Waals surface area (Å²) in [6, 6.07) is 13.5. The number of halogens is 1. The van der Waals surface area contributed by atoms with Gasteiger partial charge in [0.2, 0.25) is 5.78 Å². The molecule has 5 nitrogen and oxygen atoms in total. The largest absolute Gasteiger partial charge is 0.268 e. The summed E-state index contributed by atoms with van der Waals surface area (Å²) in [6.07, 6.45) is 0. The maximum absolute atomic E-state index is 13.1. The van der Waals surface area contributed by atoms with Crippen LogP contribution >= 0.6 is 11.6 Å². The monoisotopic (exact) mass is 338 g/mol. The first-order chi connectivity index (χ1) is 11.6. The quantitative estimate of drug-likeness (QED) is 0.526. The molecule has 120 valence electrons. The smallest absolute Gasteiger partial charge is 0.267 e. The van der Waals surface area contributed by atoms with Gasteiger partial charge in [-0.1, -0.05) is 18.2 Å². The van der Waals surface area contributed by atoms with Crippen LogP contribution in [0, 0.1) is 13.8 Å². The summed E-state index contributed by atoms with van der Waals surface area (Å²) in [5.41, 5.74) is 3.60. The third-order valence-corrected chi connectivity index (χ3v) is 4.31. The molecule has 0 fully saturated rings. The van der Waals surface area contributed by atoms with Gasteiger partial charge in [-0.2, -0.15) is 0 Å². The first-order valence-corrected chi connectivity index (χ1v) is 8.16. The van der Waals surface area contributed by atoms with Gasteiger partial charge < -0.3 is 0 Å². The van der Waals surface area contributed by atoms with E-state index in [1.807, 2.05) is 54.6 Å². The van der Waals surface area contributed by atoms with Crippen molar-refractivity contribution in [3.05, 3.63) is 69.8 Å². The van der Waals surface area contributed by atoms with Crippen molar-refractivity contribution in [3.63, 3.8) is 0 Å². The lowest BCUT2D eigenvalue weighted by Gasteiger charge is -2.12. The Hall–Kier alpha value is -2.66. The fourth-order valence-corrected chi connectivity index (χ4v) is 3.33. The van der Waals surface area contributed by atoms with E-state index in [0.717, 1.165) is 22.3 Å². The number of nitrogens with zero attached hydrogens (tertiary/aromatic N) is 4. The second kappa shape index (κ2) is 5.46.